The lowest BCUT2D eigenvalue weighted by Gasteiger charge is -2.14. The van der Waals surface area contributed by atoms with Crippen molar-refractivity contribution >= 4 is 29.9 Å². The van der Waals surface area contributed by atoms with Crippen LogP contribution in [-0.2, 0) is 9.53 Å². The molecule has 1 fully saturated rings. The molecule has 0 spiro atoms. The number of cyclic esters (lactones) is 1. The first-order valence-corrected chi connectivity index (χ1v) is 8.95. The number of amides is 2. The van der Waals surface area contributed by atoms with Crippen molar-refractivity contribution in [3.63, 3.8) is 0 Å². The molecule has 1 atom stereocenters. The standard InChI is InChI=1S/C19H20FN7O3/c1-11(28)23-9-14-10-27(19(29)30-14)13-3-4-15(16(20)6-13)17-5-2-12(7-24-17)8-25-26-18(21)22/h2-8,14H,9-10H2,1H3,(H,23,28)(H4,21,22,26). The van der Waals surface area contributed by atoms with Gasteiger partial charge < -0.3 is 15.8 Å². The average Bonchev–Trinajstić information content (AvgIpc) is 3.07. The van der Waals surface area contributed by atoms with E-state index in [9.17, 15) is 14.0 Å². The van der Waals surface area contributed by atoms with E-state index in [1.165, 1.54) is 36.4 Å². The summed E-state index contributed by atoms with van der Waals surface area (Å²) < 4.78 is 19.9. The summed E-state index contributed by atoms with van der Waals surface area (Å²) in [4.78, 5) is 28.6. The monoisotopic (exact) mass is 413 g/mol. The summed E-state index contributed by atoms with van der Waals surface area (Å²) >= 11 is 0. The number of pyridine rings is 1. The number of nitrogens with one attached hydrogen (secondary N) is 3. The Bertz CT molecular complexity index is 994. The lowest BCUT2D eigenvalue weighted by Crippen LogP contribution is -2.33. The highest BCUT2D eigenvalue weighted by molar-refractivity contribution is 5.90. The number of rotatable bonds is 6. The maximum absolute atomic E-state index is 14.7. The van der Waals surface area contributed by atoms with Crippen LogP contribution in [0, 0.1) is 11.2 Å². The largest absolute Gasteiger partial charge is 0.442 e. The molecular formula is C19H20FN7O3. The number of benzene rings is 1. The van der Waals surface area contributed by atoms with Crippen LogP contribution in [0.5, 0.6) is 0 Å². The number of halogens is 1. The molecule has 2 aromatic rings. The van der Waals surface area contributed by atoms with Gasteiger partial charge in [-0.05, 0) is 30.3 Å². The van der Waals surface area contributed by atoms with Crippen LogP contribution in [0.25, 0.3) is 11.3 Å². The van der Waals surface area contributed by atoms with Gasteiger partial charge in [0.05, 0.1) is 30.7 Å². The molecular weight excluding hydrogens is 393 g/mol. The fraction of sp³-hybridized carbons (Fsp3) is 0.211. The predicted molar refractivity (Wildman–Crippen MR) is 109 cm³/mol. The molecule has 1 aliphatic rings. The number of nitrogens with zero attached hydrogens (tertiary/aromatic N) is 3. The van der Waals surface area contributed by atoms with Gasteiger partial charge in [0, 0.05) is 24.2 Å². The normalized spacial score (nSPS) is 15.9. The third kappa shape index (κ3) is 5.07. The summed E-state index contributed by atoms with van der Waals surface area (Å²) in [5.41, 5.74) is 9.07. The summed E-state index contributed by atoms with van der Waals surface area (Å²) in [7, 11) is 0. The third-order valence-corrected chi connectivity index (χ3v) is 4.18. The first kappa shape index (κ1) is 20.7. The Labute approximate surface area is 171 Å². The molecule has 1 unspecified atom stereocenters. The predicted octanol–water partition coefficient (Wildman–Crippen LogP) is 1.17. The fourth-order valence-electron chi connectivity index (χ4n) is 2.79. The molecule has 1 aromatic carbocycles. The van der Waals surface area contributed by atoms with Crippen LogP contribution in [0.4, 0.5) is 14.9 Å². The second kappa shape index (κ2) is 8.99. The van der Waals surface area contributed by atoms with E-state index in [1.54, 1.807) is 18.2 Å². The molecule has 156 valence electrons. The van der Waals surface area contributed by atoms with Crippen LogP contribution in [0.3, 0.4) is 0 Å². The maximum atomic E-state index is 14.7. The lowest BCUT2D eigenvalue weighted by atomic mass is 10.1. The zero-order chi connectivity index (χ0) is 21.7. The number of ether oxygens (including phenoxy) is 1. The first-order valence-electron chi connectivity index (χ1n) is 8.95. The van der Waals surface area contributed by atoms with Crippen molar-refractivity contribution in [1.29, 1.82) is 5.41 Å². The Morgan fingerprint density at radius 1 is 1.47 bits per heavy atom. The SMILES string of the molecule is CC(=O)NCC1CN(c2ccc(-c3ccc(C=NNC(=N)N)cn3)c(F)c2)C(=O)O1. The molecule has 1 saturated heterocycles. The number of carbonyl (C=O) groups is 2. The molecule has 0 bridgehead atoms. The Morgan fingerprint density at radius 3 is 2.90 bits per heavy atom. The van der Waals surface area contributed by atoms with Gasteiger partial charge in [-0.25, -0.2) is 14.6 Å². The van der Waals surface area contributed by atoms with Gasteiger partial charge in [0.1, 0.15) is 11.9 Å². The van der Waals surface area contributed by atoms with Crippen molar-refractivity contribution in [2.24, 2.45) is 10.8 Å². The summed E-state index contributed by atoms with van der Waals surface area (Å²) in [5.74, 6) is -1.06. The molecule has 0 saturated carbocycles. The van der Waals surface area contributed by atoms with Gasteiger partial charge in [0.2, 0.25) is 11.9 Å². The quantitative estimate of drug-likeness (QED) is 0.318. The van der Waals surface area contributed by atoms with E-state index >= 15 is 0 Å². The third-order valence-electron chi connectivity index (χ3n) is 4.18. The smallest absolute Gasteiger partial charge is 0.414 e. The van der Waals surface area contributed by atoms with E-state index in [4.69, 9.17) is 15.9 Å². The zero-order valence-corrected chi connectivity index (χ0v) is 16.1. The van der Waals surface area contributed by atoms with E-state index in [2.05, 4.69) is 20.8 Å². The van der Waals surface area contributed by atoms with Crippen LogP contribution in [-0.4, -0.2) is 48.4 Å². The molecule has 2 heterocycles. The molecule has 0 radical (unpaired) electrons. The van der Waals surface area contributed by atoms with Crippen LogP contribution in [0.1, 0.15) is 12.5 Å². The van der Waals surface area contributed by atoms with Crippen molar-refractivity contribution in [2.45, 2.75) is 13.0 Å². The van der Waals surface area contributed by atoms with Crippen molar-refractivity contribution < 1.29 is 18.7 Å². The number of guanidine groups is 1. The summed E-state index contributed by atoms with van der Waals surface area (Å²) in [5, 5.41) is 13.3. The Kier molecular flexibility index (Phi) is 6.20. The Balaban J connectivity index is 1.71. The van der Waals surface area contributed by atoms with E-state index in [0.29, 0.717) is 16.9 Å². The molecule has 10 nitrogen and oxygen atoms in total. The van der Waals surface area contributed by atoms with Gasteiger partial charge >= 0.3 is 6.09 Å². The van der Waals surface area contributed by atoms with Gasteiger partial charge in [0.25, 0.3) is 0 Å². The molecule has 11 heteroatoms. The highest BCUT2D eigenvalue weighted by Crippen LogP contribution is 2.28. The minimum atomic E-state index is -0.599. The van der Waals surface area contributed by atoms with Gasteiger partial charge in [0.15, 0.2) is 0 Å². The number of hydrazone groups is 1. The van der Waals surface area contributed by atoms with Gasteiger partial charge in [-0.1, -0.05) is 0 Å². The second-order valence-electron chi connectivity index (χ2n) is 6.48. The number of hydrogen-bond donors (Lipinski definition) is 4. The van der Waals surface area contributed by atoms with Crippen LogP contribution in [0.15, 0.2) is 41.6 Å². The van der Waals surface area contributed by atoms with Crippen molar-refractivity contribution in [3.05, 3.63) is 47.9 Å². The molecule has 3 rings (SSSR count). The van der Waals surface area contributed by atoms with Crippen LogP contribution < -0.4 is 21.4 Å². The summed E-state index contributed by atoms with van der Waals surface area (Å²) in [6.07, 6.45) is 1.82. The minimum Gasteiger partial charge on any atom is -0.442 e. The van der Waals surface area contributed by atoms with Gasteiger partial charge in [-0.3, -0.25) is 20.1 Å². The summed E-state index contributed by atoms with van der Waals surface area (Å²) in [6, 6.07) is 7.69. The number of anilines is 1. The van der Waals surface area contributed by atoms with Crippen molar-refractivity contribution in [2.75, 3.05) is 18.0 Å². The second-order valence-corrected chi connectivity index (χ2v) is 6.48. The fourth-order valence-corrected chi connectivity index (χ4v) is 2.79. The molecule has 5 N–H and O–H groups in total. The topological polar surface area (TPSA) is 146 Å². The van der Waals surface area contributed by atoms with Crippen LogP contribution in [0.2, 0.25) is 0 Å². The van der Waals surface area contributed by atoms with E-state index in [1.807, 2.05) is 0 Å². The molecule has 1 aromatic heterocycles. The minimum absolute atomic E-state index is 0.194. The Morgan fingerprint density at radius 2 is 2.27 bits per heavy atom. The lowest BCUT2D eigenvalue weighted by molar-refractivity contribution is -0.119. The highest BCUT2D eigenvalue weighted by Gasteiger charge is 2.32. The zero-order valence-electron chi connectivity index (χ0n) is 16.1. The molecule has 0 aliphatic carbocycles. The first-order chi connectivity index (χ1) is 14.3. The van der Waals surface area contributed by atoms with Gasteiger partial charge in [-0.15, -0.1) is 0 Å². The average molecular weight is 413 g/mol. The van der Waals surface area contributed by atoms with E-state index in [0.717, 1.165) is 0 Å². The molecule has 2 amide bonds. The maximum Gasteiger partial charge on any atom is 0.414 e. The molecule has 1 aliphatic heterocycles. The van der Waals surface area contributed by atoms with E-state index in [-0.39, 0.29) is 30.5 Å². The Hall–Kier alpha value is -4.02. The highest BCUT2D eigenvalue weighted by atomic mass is 19.1. The van der Waals surface area contributed by atoms with Gasteiger partial charge in [-0.2, -0.15) is 5.10 Å². The number of nitrogens with two attached hydrogens (primary N) is 1. The number of aromatic nitrogens is 1. The summed E-state index contributed by atoms with van der Waals surface area (Å²) in [6.45, 7) is 1.77. The molecule has 30 heavy (non-hydrogen) atoms. The number of hydrogen-bond acceptors (Lipinski definition) is 6. The van der Waals surface area contributed by atoms with Crippen molar-refractivity contribution in [3.8, 4) is 11.3 Å². The van der Waals surface area contributed by atoms with E-state index < -0.39 is 18.0 Å². The number of carbonyl (C=O) groups excluding carboxylic acids is 2. The van der Waals surface area contributed by atoms with Crippen molar-refractivity contribution in [1.82, 2.24) is 15.7 Å². The van der Waals surface area contributed by atoms with Crippen LogP contribution >= 0.6 is 0 Å².